The fraction of sp³-hybridized carbons (Fsp3) is 0.0976. The number of ketones is 1. The van der Waals surface area contributed by atoms with Gasteiger partial charge in [0.05, 0.1) is 6.54 Å². The lowest BCUT2D eigenvalue weighted by atomic mass is 10.00. The molecule has 0 aliphatic heterocycles. The Kier molecular flexibility index (Phi) is 9.87. The summed E-state index contributed by atoms with van der Waals surface area (Å²) in [6.07, 6.45) is 0.186. The van der Waals surface area contributed by atoms with Gasteiger partial charge in [0.2, 0.25) is 0 Å². The van der Waals surface area contributed by atoms with Crippen molar-refractivity contribution in [1.29, 1.82) is 0 Å². The number of carbonyl (C=O) groups excluding carboxylic acids is 2. The average molecular weight is 635 g/mol. The number of aliphatic carboxylic acids is 1. The van der Waals surface area contributed by atoms with Gasteiger partial charge in [0.15, 0.2) is 5.78 Å². The normalized spacial score (nSPS) is 11.4. The van der Waals surface area contributed by atoms with Crippen molar-refractivity contribution in [2.75, 3.05) is 23.4 Å². The number of carbonyl (C=O) groups is 3. The van der Waals surface area contributed by atoms with E-state index in [1.807, 2.05) is 91.0 Å². The highest BCUT2D eigenvalue weighted by molar-refractivity contribution is 6.12. The van der Waals surface area contributed by atoms with Crippen molar-refractivity contribution in [1.82, 2.24) is 0 Å². The van der Waals surface area contributed by atoms with E-state index in [0.29, 0.717) is 34.7 Å². The van der Waals surface area contributed by atoms with Crippen molar-refractivity contribution >= 4 is 39.8 Å². The smallest absolute Gasteiger partial charge is 0.326 e. The van der Waals surface area contributed by atoms with Crippen molar-refractivity contribution in [2.45, 2.75) is 12.5 Å². The Morgan fingerprint density at radius 3 is 2.04 bits per heavy atom. The molecule has 0 aliphatic carbocycles. The van der Waals surface area contributed by atoms with E-state index in [2.05, 4.69) is 5.32 Å². The Hall–Kier alpha value is -6.21. The van der Waals surface area contributed by atoms with Gasteiger partial charge in [0.1, 0.15) is 18.4 Å². The molecule has 238 valence electrons. The number of hydrogen-bond donors (Lipinski definition) is 2. The average Bonchev–Trinajstić information content (AvgIpc) is 3.14. The molecule has 2 N–H and O–H groups in total. The molecule has 7 nitrogen and oxygen atoms in total. The molecule has 0 saturated heterocycles. The van der Waals surface area contributed by atoms with Crippen molar-refractivity contribution < 1.29 is 24.2 Å². The molecule has 1 atom stereocenters. The fourth-order valence-electron chi connectivity index (χ4n) is 5.59. The van der Waals surface area contributed by atoms with Crippen molar-refractivity contribution in [3.8, 4) is 5.75 Å². The first-order valence-corrected chi connectivity index (χ1v) is 15.7. The maximum absolute atomic E-state index is 13.7. The van der Waals surface area contributed by atoms with E-state index in [4.69, 9.17) is 4.74 Å². The number of anilines is 2. The van der Waals surface area contributed by atoms with E-state index < -0.39 is 12.0 Å². The van der Waals surface area contributed by atoms with Crippen LogP contribution in [0.2, 0.25) is 0 Å². The first-order valence-electron chi connectivity index (χ1n) is 15.7. The molecule has 0 radical (unpaired) electrons. The molecule has 0 fully saturated rings. The Balaban J connectivity index is 1.10. The number of fused-ring (bicyclic) bond motifs is 1. The number of ether oxygens (including phenoxy) is 1. The predicted molar refractivity (Wildman–Crippen MR) is 189 cm³/mol. The topological polar surface area (TPSA) is 95.9 Å². The lowest BCUT2D eigenvalue weighted by molar-refractivity contribution is -0.137. The van der Waals surface area contributed by atoms with Gasteiger partial charge < -0.3 is 20.1 Å². The fourth-order valence-corrected chi connectivity index (χ4v) is 5.59. The van der Waals surface area contributed by atoms with Crippen molar-refractivity contribution in [3.05, 3.63) is 174 Å². The third-order valence-corrected chi connectivity index (χ3v) is 8.09. The maximum Gasteiger partial charge on any atom is 0.326 e. The Morgan fingerprint density at radius 2 is 1.31 bits per heavy atom. The summed E-state index contributed by atoms with van der Waals surface area (Å²) in [5, 5.41) is 15.2. The summed E-state index contributed by atoms with van der Waals surface area (Å²) in [4.78, 5) is 40.8. The van der Waals surface area contributed by atoms with E-state index in [1.165, 1.54) is 0 Å². The summed E-state index contributed by atoms with van der Waals surface area (Å²) in [6.45, 7) is 0.572. The lowest BCUT2D eigenvalue weighted by Gasteiger charge is -2.23. The molecule has 0 unspecified atom stereocenters. The van der Waals surface area contributed by atoms with Crippen LogP contribution in [-0.2, 0) is 11.2 Å². The van der Waals surface area contributed by atoms with Gasteiger partial charge in [0.25, 0.3) is 5.91 Å². The van der Waals surface area contributed by atoms with Crippen molar-refractivity contribution in [3.63, 3.8) is 0 Å². The van der Waals surface area contributed by atoms with E-state index in [0.717, 1.165) is 22.0 Å². The number of nitrogens with zero attached hydrogens (tertiary/aromatic N) is 1. The van der Waals surface area contributed by atoms with E-state index in [-0.39, 0.29) is 24.7 Å². The van der Waals surface area contributed by atoms with Gasteiger partial charge in [-0.05, 0) is 64.9 Å². The zero-order valence-electron chi connectivity index (χ0n) is 26.2. The van der Waals surface area contributed by atoms with Crippen LogP contribution in [0.15, 0.2) is 152 Å². The molecule has 0 aromatic heterocycles. The van der Waals surface area contributed by atoms with Gasteiger partial charge in [-0.2, -0.15) is 0 Å². The number of hydrogen-bond acceptors (Lipinski definition) is 5. The third kappa shape index (κ3) is 7.59. The molecule has 0 heterocycles. The molecule has 6 aromatic carbocycles. The van der Waals surface area contributed by atoms with Crippen LogP contribution >= 0.6 is 0 Å². The molecular weight excluding hydrogens is 600 g/mol. The van der Waals surface area contributed by atoms with E-state index in [9.17, 15) is 19.5 Å². The Labute approximate surface area is 279 Å². The summed E-state index contributed by atoms with van der Waals surface area (Å²) in [5.74, 6) is -0.739. The van der Waals surface area contributed by atoms with Crippen LogP contribution in [-0.4, -0.2) is 42.0 Å². The lowest BCUT2D eigenvalue weighted by Crippen LogP contribution is -2.34. The zero-order chi connectivity index (χ0) is 33.3. The standard InChI is InChI=1S/C41H34N2O5/c44-39(31-12-3-1-4-13-31)36-17-9-10-18-37(36)42-38(41(46)47)27-29-19-23-35(24-20-29)48-26-25-43(34-15-5-2-6-16-34)40(45)33-22-21-30-11-7-8-14-32(30)28-33/h1-24,28,38,42H,25-27H2,(H,46,47)/t38-/m0/s1. The summed E-state index contributed by atoms with van der Waals surface area (Å²) >= 11 is 0. The monoisotopic (exact) mass is 634 g/mol. The Morgan fingerprint density at radius 1 is 0.667 bits per heavy atom. The number of nitrogens with one attached hydrogen (secondary N) is 1. The second kappa shape index (κ2) is 14.9. The molecule has 0 spiro atoms. The van der Waals surface area contributed by atoms with Gasteiger partial charge in [-0.15, -0.1) is 0 Å². The highest BCUT2D eigenvalue weighted by Crippen LogP contribution is 2.23. The second-order valence-electron chi connectivity index (χ2n) is 11.3. The minimum Gasteiger partial charge on any atom is -0.492 e. The first-order chi connectivity index (χ1) is 23.5. The molecule has 48 heavy (non-hydrogen) atoms. The highest BCUT2D eigenvalue weighted by Gasteiger charge is 2.22. The zero-order valence-corrected chi connectivity index (χ0v) is 26.2. The number of para-hydroxylation sites is 2. The number of carboxylic acids is 1. The number of rotatable bonds is 13. The minimum absolute atomic E-state index is 0.120. The molecule has 7 heteroatoms. The molecular formula is C41H34N2O5. The predicted octanol–water partition coefficient (Wildman–Crippen LogP) is 7.90. The number of benzene rings is 6. The quantitative estimate of drug-likeness (QED) is 0.125. The maximum atomic E-state index is 13.7. The van der Waals surface area contributed by atoms with E-state index in [1.54, 1.807) is 65.6 Å². The molecule has 6 rings (SSSR count). The Bertz CT molecular complexity index is 2030. The molecule has 0 bridgehead atoms. The van der Waals surface area contributed by atoms with Crippen molar-refractivity contribution in [2.24, 2.45) is 0 Å². The first kappa shape index (κ1) is 31.8. The van der Waals surface area contributed by atoms with Crippen LogP contribution in [0.5, 0.6) is 5.75 Å². The van der Waals surface area contributed by atoms with Gasteiger partial charge in [-0.1, -0.05) is 103 Å². The summed E-state index contributed by atoms with van der Waals surface area (Å²) in [6, 6.07) is 45.2. The van der Waals surface area contributed by atoms with Gasteiger partial charge in [-0.3, -0.25) is 9.59 Å². The molecule has 0 saturated carbocycles. The second-order valence-corrected chi connectivity index (χ2v) is 11.3. The molecule has 1 amide bonds. The summed E-state index contributed by atoms with van der Waals surface area (Å²) < 4.78 is 6.04. The SMILES string of the molecule is O=C(c1ccccc1)c1ccccc1N[C@@H](Cc1ccc(OCCN(C(=O)c2ccc3ccccc3c2)c2ccccc2)cc1)C(=O)O. The minimum atomic E-state index is -1.03. The molecule has 6 aromatic rings. The van der Waals surface area contributed by atoms with E-state index >= 15 is 0 Å². The largest absolute Gasteiger partial charge is 0.492 e. The van der Waals surface area contributed by atoms with Crippen LogP contribution in [0.3, 0.4) is 0 Å². The van der Waals surface area contributed by atoms with Gasteiger partial charge in [0, 0.05) is 34.5 Å². The van der Waals surface area contributed by atoms with Crippen LogP contribution < -0.4 is 15.0 Å². The molecule has 0 aliphatic rings. The summed E-state index contributed by atoms with van der Waals surface area (Å²) in [7, 11) is 0. The highest BCUT2D eigenvalue weighted by atomic mass is 16.5. The van der Waals surface area contributed by atoms with Crippen LogP contribution in [0.25, 0.3) is 10.8 Å². The van der Waals surface area contributed by atoms with Gasteiger partial charge in [-0.25, -0.2) is 4.79 Å². The van der Waals surface area contributed by atoms with Crippen LogP contribution in [0.4, 0.5) is 11.4 Å². The van der Waals surface area contributed by atoms with Crippen LogP contribution in [0, 0.1) is 0 Å². The number of carboxylic acid groups (broad SMARTS) is 1. The van der Waals surface area contributed by atoms with Crippen LogP contribution in [0.1, 0.15) is 31.8 Å². The summed E-state index contributed by atoms with van der Waals surface area (Å²) in [5.41, 5.74) is 3.54. The number of amides is 1. The van der Waals surface area contributed by atoms with Gasteiger partial charge >= 0.3 is 5.97 Å². The third-order valence-electron chi connectivity index (χ3n) is 8.09.